The molecule has 0 bridgehead atoms. The lowest BCUT2D eigenvalue weighted by atomic mass is 10.0. The molecular formula is C28H31FN6O4. The van der Waals surface area contributed by atoms with Gasteiger partial charge in [-0.15, -0.1) is 0 Å². The van der Waals surface area contributed by atoms with Crippen LogP contribution in [0.4, 0.5) is 21.1 Å². The fourth-order valence-corrected chi connectivity index (χ4v) is 4.95. The van der Waals surface area contributed by atoms with Gasteiger partial charge in [-0.25, -0.2) is 23.7 Å². The van der Waals surface area contributed by atoms with E-state index in [0.717, 1.165) is 48.5 Å². The largest absolute Gasteiger partial charge is 0.510 e. The molecule has 11 heteroatoms. The van der Waals surface area contributed by atoms with E-state index < -0.39 is 6.16 Å². The van der Waals surface area contributed by atoms with Crippen LogP contribution >= 0.6 is 0 Å². The number of hydrogen-bond donors (Lipinski definition) is 0. The molecular weight excluding hydrogens is 503 g/mol. The number of para-hydroxylation sites is 2. The average Bonchev–Trinajstić information content (AvgIpc) is 3.31. The lowest BCUT2D eigenvalue weighted by molar-refractivity contribution is 0.0361. The first-order valence-electron chi connectivity index (χ1n) is 13.0. The summed E-state index contributed by atoms with van der Waals surface area (Å²) in [5.41, 5.74) is 2.61. The van der Waals surface area contributed by atoms with E-state index in [0.29, 0.717) is 12.5 Å². The molecule has 1 aliphatic rings. The van der Waals surface area contributed by atoms with Crippen LogP contribution in [-0.2, 0) is 22.7 Å². The second-order valence-electron chi connectivity index (χ2n) is 9.41. The van der Waals surface area contributed by atoms with E-state index in [4.69, 9.17) is 14.5 Å². The third-order valence-electron chi connectivity index (χ3n) is 6.99. The lowest BCUT2D eigenvalue weighted by Crippen LogP contribution is -2.46. The van der Waals surface area contributed by atoms with Gasteiger partial charge in [0.05, 0.1) is 24.2 Å². The number of carbonyl (C=O) groups excluding carboxylic acids is 1. The van der Waals surface area contributed by atoms with Crippen LogP contribution in [0.3, 0.4) is 0 Å². The van der Waals surface area contributed by atoms with E-state index in [1.165, 1.54) is 29.0 Å². The van der Waals surface area contributed by atoms with Crippen LogP contribution in [0.5, 0.6) is 0 Å². The van der Waals surface area contributed by atoms with Crippen LogP contribution in [0.25, 0.3) is 11.0 Å². The van der Waals surface area contributed by atoms with Gasteiger partial charge in [0.25, 0.3) is 5.56 Å². The minimum absolute atomic E-state index is 0.110. The van der Waals surface area contributed by atoms with Gasteiger partial charge < -0.3 is 23.8 Å². The van der Waals surface area contributed by atoms with E-state index in [-0.39, 0.29) is 30.8 Å². The molecule has 1 aliphatic heterocycles. The molecule has 10 nitrogen and oxygen atoms in total. The monoisotopic (exact) mass is 534 g/mol. The zero-order valence-electron chi connectivity index (χ0n) is 22.0. The highest BCUT2D eigenvalue weighted by molar-refractivity contribution is 5.79. The summed E-state index contributed by atoms with van der Waals surface area (Å²) in [5.74, 6) is 1.04. The molecule has 2 aromatic heterocycles. The molecule has 3 heterocycles. The lowest BCUT2D eigenvalue weighted by Gasteiger charge is -2.38. The molecule has 0 amide bonds. The topological polar surface area (TPSA) is 94.7 Å². The van der Waals surface area contributed by atoms with Crippen LogP contribution in [0.1, 0.15) is 25.3 Å². The van der Waals surface area contributed by atoms with E-state index in [9.17, 15) is 14.0 Å². The predicted molar refractivity (Wildman–Crippen MR) is 145 cm³/mol. The molecule has 204 valence electrons. The number of anilines is 2. The first kappa shape index (κ1) is 26.2. The summed E-state index contributed by atoms with van der Waals surface area (Å²) >= 11 is 0. The first-order valence-corrected chi connectivity index (χ1v) is 13.0. The highest BCUT2D eigenvalue weighted by Gasteiger charge is 2.28. The number of halogens is 1. The van der Waals surface area contributed by atoms with Crippen molar-refractivity contribution in [1.29, 1.82) is 0 Å². The van der Waals surface area contributed by atoms with Crippen molar-refractivity contribution in [2.75, 3.05) is 36.5 Å². The Kier molecular flexibility index (Phi) is 7.76. The number of carbonyl (C=O) groups is 1. The summed E-state index contributed by atoms with van der Waals surface area (Å²) in [6.07, 6.45) is 2.24. The standard InChI is InChI=1S/C28H31FN6O4/c1-3-38-28(37)39-19-35-25(36)12-15-30-26(35)32(2)22-13-16-33(17-14-22)27-31-23-6-4-5-7-24(23)34(27)18-20-8-10-21(29)11-9-20/h4-12,15,22H,3,13-14,16-19H2,1-2H3. The SMILES string of the molecule is CCOC(=O)OCn1c(N(C)C2CCN(c3nc4ccccc4n3Cc3ccc(F)cc3)CC2)nccc1=O. The van der Waals surface area contributed by atoms with Gasteiger partial charge in [-0.2, -0.15) is 0 Å². The maximum Gasteiger partial charge on any atom is 0.510 e. The number of piperidine rings is 1. The van der Waals surface area contributed by atoms with E-state index >= 15 is 0 Å². The number of rotatable bonds is 8. The first-order chi connectivity index (χ1) is 18.9. The highest BCUT2D eigenvalue weighted by atomic mass is 19.1. The van der Waals surface area contributed by atoms with Gasteiger partial charge in [0.1, 0.15) is 5.82 Å². The Bertz CT molecular complexity index is 1490. The van der Waals surface area contributed by atoms with Crippen molar-refractivity contribution in [1.82, 2.24) is 19.1 Å². The molecule has 1 saturated heterocycles. The Morgan fingerprint density at radius 2 is 1.79 bits per heavy atom. The number of aromatic nitrogens is 4. The molecule has 0 unspecified atom stereocenters. The molecule has 5 rings (SSSR count). The second-order valence-corrected chi connectivity index (χ2v) is 9.41. The van der Waals surface area contributed by atoms with Gasteiger partial charge >= 0.3 is 6.16 Å². The zero-order valence-corrected chi connectivity index (χ0v) is 22.0. The zero-order chi connectivity index (χ0) is 27.4. The third kappa shape index (κ3) is 5.71. The van der Waals surface area contributed by atoms with Gasteiger partial charge in [0.2, 0.25) is 11.9 Å². The molecule has 0 N–H and O–H groups in total. The summed E-state index contributed by atoms with van der Waals surface area (Å²) < 4.78 is 26.9. The number of fused-ring (bicyclic) bond motifs is 1. The van der Waals surface area contributed by atoms with Crippen LogP contribution < -0.4 is 15.4 Å². The van der Waals surface area contributed by atoms with Gasteiger partial charge in [-0.05, 0) is 49.6 Å². The van der Waals surface area contributed by atoms with Crippen molar-refractivity contribution in [3.8, 4) is 0 Å². The highest BCUT2D eigenvalue weighted by Crippen LogP contribution is 2.28. The number of benzene rings is 2. The van der Waals surface area contributed by atoms with Gasteiger partial charge in [0.15, 0.2) is 6.73 Å². The van der Waals surface area contributed by atoms with Crippen molar-refractivity contribution in [2.24, 2.45) is 0 Å². The molecule has 2 aromatic carbocycles. The summed E-state index contributed by atoms with van der Waals surface area (Å²) in [7, 11) is 1.90. The Balaban J connectivity index is 1.33. The average molecular weight is 535 g/mol. The van der Waals surface area contributed by atoms with Crippen molar-refractivity contribution in [3.63, 3.8) is 0 Å². The fraction of sp³-hybridized carbons (Fsp3) is 0.357. The minimum Gasteiger partial charge on any atom is -0.435 e. The summed E-state index contributed by atoms with van der Waals surface area (Å²) in [6, 6.07) is 16.0. The minimum atomic E-state index is -0.835. The number of hydrogen-bond acceptors (Lipinski definition) is 8. The molecule has 0 atom stereocenters. The van der Waals surface area contributed by atoms with Crippen LogP contribution in [-0.4, -0.2) is 58.0 Å². The molecule has 0 spiro atoms. The smallest absolute Gasteiger partial charge is 0.435 e. The molecule has 0 radical (unpaired) electrons. The summed E-state index contributed by atoms with van der Waals surface area (Å²) in [4.78, 5) is 37.8. The van der Waals surface area contributed by atoms with Crippen molar-refractivity contribution in [3.05, 3.63) is 82.5 Å². The van der Waals surface area contributed by atoms with E-state index in [1.54, 1.807) is 19.1 Å². The molecule has 0 aliphatic carbocycles. The van der Waals surface area contributed by atoms with E-state index in [1.807, 2.05) is 30.1 Å². The predicted octanol–water partition coefficient (Wildman–Crippen LogP) is 4.02. The molecule has 39 heavy (non-hydrogen) atoms. The summed E-state index contributed by atoms with van der Waals surface area (Å²) in [6.45, 7) is 3.66. The molecule has 0 saturated carbocycles. The molecule has 4 aromatic rings. The maximum absolute atomic E-state index is 13.5. The maximum atomic E-state index is 13.5. The summed E-state index contributed by atoms with van der Waals surface area (Å²) in [5, 5.41) is 0. The van der Waals surface area contributed by atoms with E-state index in [2.05, 4.69) is 20.5 Å². The second kappa shape index (κ2) is 11.5. The Labute approximate surface area is 225 Å². The van der Waals surface area contributed by atoms with Gasteiger partial charge in [-0.3, -0.25) is 4.79 Å². The van der Waals surface area contributed by atoms with Crippen molar-refractivity contribution < 1.29 is 18.7 Å². The van der Waals surface area contributed by atoms with Crippen LogP contribution in [0, 0.1) is 5.82 Å². The quantitative estimate of drug-likeness (QED) is 0.313. The Morgan fingerprint density at radius 3 is 2.54 bits per heavy atom. The molecule has 1 fully saturated rings. The van der Waals surface area contributed by atoms with Crippen LogP contribution in [0.15, 0.2) is 65.6 Å². The number of imidazole rings is 1. The number of ether oxygens (including phenoxy) is 2. The normalized spacial score (nSPS) is 14.0. The van der Waals surface area contributed by atoms with Crippen molar-refractivity contribution in [2.45, 2.75) is 39.1 Å². The van der Waals surface area contributed by atoms with Crippen LogP contribution in [0.2, 0.25) is 0 Å². The van der Waals surface area contributed by atoms with Gasteiger partial charge in [0, 0.05) is 38.4 Å². The van der Waals surface area contributed by atoms with Gasteiger partial charge in [-0.1, -0.05) is 24.3 Å². The number of nitrogens with zero attached hydrogens (tertiary/aromatic N) is 6. The Morgan fingerprint density at radius 1 is 1.05 bits per heavy atom. The fourth-order valence-electron chi connectivity index (χ4n) is 4.95. The Hall–Kier alpha value is -4.41. The van der Waals surface area contributed by atoms with Crippen molar-refractivity contribution >= 4 is 29.1 Å². The third-order valence-corrected chi connectivity index (χ3v) is 6.99.